The van der Waals surface area contributed by atoms with Crippen LogP contribution in [0.1, 0.15) is 26.3 Å². The number of rotatable bonds is 7. The molecular formula is C15H24BrN3O. The van der Waals surface area contributed by atoms with Gasteiger partial charge in [0, 0.05) is 17.6 Å². The summed E-state index contributed by atoms with van der Waals surface area (Å²) < 4.78 is 0.971. The molecule has 0 aliphatic carbocycles. The number of hydrogen-bond donors (Lipinski definition) is 2. The van der Waals surface area contributed by atoms with Crippen LogP contribution in [0.25, 0.3) is 0 Å². The summed E-state index contributed by atoms with van der Waals surface area (Å²) >= 11 is 3.38. The number of carbonyl (C=O) groups is 1. The van der Waals surface area contributed by atoms with E-state index in [-0.39, 0.29) is 5.91 Å². The van der Waals surface area contributed by atoms with Crippen LogP contribution in [-0.4, -0.2) is 37.0 Å². The summed E-state index contributed by atoms with van der Waals surface area (Å²) in [6.45, 7) is 9.39. The maximum absolute atomic E-state index is 12.2. The fourth-order valence-corrected chi connectivity index (χ4v) is 2.24. The molecule has 1 aromatic rings. The number of nitrogens with two attached hydrogens (primary N) is 1. The standard InChI is InChI=1S/C15H24BrN3O/c1-4-19(5-2)11-10-18-14(20)15(3,17)12-6-8-13(16)9-7-12/h6-9H,4-5,10-11,17H2,1-3H3,(H,18,20). The molecule has 0 fully saturated rings. The third-order valence-electron chi connectivity index (χ3n) is 3.52. The smallest absolute Gasteiger partial charge is 0.244 e. The topological polar surface area (TPSA) is 58.4 Å². The van der Waals surface area contributed by atoms with Crippen LogP contribution in [0, 0.1) is 0 Å². The zero-order valence-electron chi connectivity index (χ0n) is 12.4. The van der Waals surface area contributed by atoms with E-state index in [9.17, 15) is 4.79 Å². The van der Waals surface area contributed by atoms with Crippen molar-refractivity contribution >= 4 is 21.8 Å². The number of hydrogen-bond acceptors (Lipinski definition) is 3. The van der Waals surface area contributed by atoms with Gasteiger partial charge >= 0.3 is 0 Å². The fourth-order valence-electron chi connectivity index (χ4n) is 1.98. The molecule has 0 aliphatic heterocycles. The van der Waals surface area contributed by atoms with Gasteiger partial charge in [-0.1, -0.05) is 41.9 Å². The Kier molecular flexibility index (Phi) is 6.65. The zero-order valence-corrected chi connectivity index (χ0v) is 14.0. The molecule has 3 N–H and O–H groups in total. The lowest BCUT2D eigenvalue weighted by Crippen LogP contribution is -2.50. The van der Waals surface area contributed by atoms with Crippen molar-refractivity contribution < 1.29 is 4.79 Å². The Labute approximate surface area is 129 Å². The summed E-state index contributed by atoms with van der Waals surface area (Å²) in [6, 6.07) is 7.52. The van der Waals surface area contributed by atoms with E-state index in [0.29, 0.717) is 6.54 Å². The van der Waals surface area contributed by atoms with Gasteiger partial charge in [-0.05, 0) is 37.7 Å². The van der Waals surface area contributed by atoms with E-state index in [4.69, 9.17) is 5.73 Å². The van der Waals surface area contributed by atoms with E-state index < -0.39 is 5.54 Å². The van der Waals surface area contributed by atoms with Crippen LogP contribution in [0.3, 0.4) is 0 Å². The van der Waals surface area contributed by atoms with Crippen molar-refractivity contribution in [2.24, 2.45) is 5.73 Å². The Balaban J connectivity index is 2.59. The third kappa shape index (κ3) is 4.58. The summed E-state index contributed by atoms with van der Waals surface area (Å²) in [5.41, 5.74) is 5.97. The molecule has 0 radical (unpaired) electrons. The van der Waals surface area contributed by atoms with Crippen LogP contribution in [0.4, 0.5) is 0 Å². The molecule has 1 unspecified atom stereocenters. The zero-order chi connectivity index (χ0) is 15.2. The molecule has 0 aliphatic rings. The van der Waals surface area contributed by atoms with E-state index >= 15 is 0 Å². The lowest BCUT2D eigenvalue weighted by atomic mass is 9.92. The monoisotopic (exact) mass is 341 g/mol. The minimum atomic E-state index is -1.01. The van der Waals surface area contributed by atoms with E-state index in [1.165, 1.54) is 0 Å². The molecule has 0 aromatic heterocycles. The minimum Gasteiger partial charge on any atom is -0.353 e. The number of likely N-dealkylation sites (N-methyl/N-ethyl adjacent to an activating group) is 1. The molecule has 0 saturated heterocycles. The second kappa shape index (κ2) is 7.76. The predicted octanol–water partition coefficient (Wildman–Crippen LogP) is 2.08. The average Bonchev–Trinajstić information content (AvgIpc) is 2.43. The van der Waals surface area contributed by atoms with Crippen molar-refractivity contribution in [2.75, 3.05) is 26.2 Å². The average molecular weight is 342 g/mol. The maximum atomic E-state index is 12.2. The first-order valence-corrected chi connectivity index (χ1v) is 7.76. The fraction of sp³-hybridized carbons (Fsp3) is 0.533. The minimum absolute atomic E-state index is 0.146. The number of amides is 1. The van der Waals surface area contributed by atoms with Crippen molar-refractivity contribution in [3.05, 3.63) is 34.3 Å². The van der Waals surface area contributed by atoms with E-state index in [2.05, 4.69) is 40.0 Å². The first kappa shape index (κ1) is 17.1. The predicted molar refractivity (Wildman–Crippen MR) is 86.5 cm³/mol. The molecule has 1 rings (SSSR count). The van der Waals surface area contributed by atoms with Crippen LogP contribution in [-0.2, 0) is 10.3 Å². The maximum Gasteiger partial charge on any atom is 0.244 e. The summed E-state index contributed by atoms with van der Waals surface area (Å²) in [5.74, 6) is -0.146. The van der Waals surface area contributed by atoms with Crippen molar-refractivity contribution in [1.82, 2.24) is 10.2 Å². The van der Waals surface area contributed by atoms with Crippen molar-refractivity contribution in [1.29, 1.82) is 0 Å². The van der Waals surface area contributed by atoms with Crippen molar-refractivity contribution in [3.8, 4) is 0 Å². The highest BCUT2D eigenvalue weighted by Gasteiger charge is 2.30. The largest absolute Gasteiger partial charge is 0.353 e. The highest BCUT2D eigenvalue weighted by Crippen LogP contribution is 2.20. The van der Waals surface area contributed by atoms with Gasteiger partial charge in [0.15, 0.2) is 0 Å². The summed E-state index contributed by atoms with van der Waals surface area (Å²) in [7, 11) is 0. The highest BCUT2D eigenvalue weighted by molar-refractivity contribution is 9.10. The van der Waals surface area contributed by atoms with Gasteiger partial charge in [-0.2, -0.15) is 0 Å². The first-order valence-electron chi connectivity index (χ1n) is 6.97. The molecule has 4 nitrogen and oxygen atoms in total. The molecule has 1 aromatic carbocycles. The molecular weight excluding hydrogens is 318 g/mol. The first-order chi connectivity index (χ1) is 9.41. The van der Waals surface area contributed by atoms with Crippen LogP contribution < -0.4 is 11.1 Å². The Morgan fingerprint density at radius 1 is 1.30 bits per heavy atom. The lowest BCUT2D eigenvalue weighted by molar-refractivity contribution is -0.126. The molecule has 20 heavy (non-hydrogen) atoms. The quantitative estimate of drug-likeness (QED) is 0.798. The number of nitrogens with zero attached hydrogens (tertiary/aromatic N) is 1. The van der Waals surface area contributed by atoms with Crippen LogP contribution in [0.2, 0.25) is 0 Å². The van der Waals surface area contributed by atoms with Crippen LogP contribution in [0.5, 0.6) is 0 Å². The van der Waals surface area contributed by atoms with Gasteiger partial charge in [0.25, 0.3) is 0 Å². The summed E-state index contributed by atoms with van der Waals surface area (Å²) in [6.07, 6.45) is 0. The van der Waals surface area contributed by atoms with Gasteiger partial charge in [-0.15, -0.1) is 0 Å². The van der Waals surface area contributed by atoms with Gasteiger partial charge < -0.3 is 16.0 Å². The lowest BCUT2D eigenvalue weighted by Gasteiger charge is -2.25. The SMILES string of the molecule is CCN(CC)CCNC(=O)C(C)(N)c1ccc(Br)cc1. The Hall–Kier alpha value is -0.910. The molecule has 5 heteroatoms. The second-order valence-electron chi connectivity index (χ2n) is 4.99. The second-order valence-corrected chi connectivity index (χ2v) is 5.91. The number of halogens is 1. The molecule has 1 amide bonds. The molecule has 0 heterocycles. The Morgan fingerprint density at radius 3 is 2.35 bits per heavy atom. The van der Waals surface area contributed by atoms with Gasteiger partial charge in [-0.25, -0.2) is 0 Å². The molecule has 0 spiro atoms. The Morgan fingerprint density at radius 2 is 1.85 bits per heavy atom. The van der Waals surface area contributed by atoms with Gasteiger partial charge in [0.2, 0.25) is 5.91 Å². The van der Waals surface area contributed by atoms with Crippen molar-refractivity contribution in [3.63, 3.8) is 0 Å². The molecule has 1 atom stereocenters. The highest BCUT2D eigenvalue weighted by atomic mass is 79.9. The molecule has 0 saturated carbocycles. The number of carbonyl (C=O) groups excluding carboxylic acids is 1. The van der Waals surface area contributed by atoms with Gasteiger partial charge in [0.1, 0.15) is 5.54 Å². The van der Waals surface area contributed by atoms with Crippen LogP contribution >= 0.6 is 15.9 Å². The number of benzene rings is 1. The van der Waals surface area contributed by atoms with Crippen LogP contribution in [0.15, 0.2) is 28.7 Å². The summed E-state index contributed by atoms with van der Waals surface area (Å²) in [4.78, 5) is 14.5. The van der Waals surface area contributed by atoms with Gasteiger partial charge in [-0.3, -0.25) is 4.79 Å². The Bertz CT molecular complexity index is 427. The number of nitrogens with one attached hydrogen (secondary N) is 1. The van der Waals surface area contributed by atoms with E-state index in [0.717, 1.165) is 29.7 Å². The molecule has 112 valence electrons. The van der Waals surface area contributed by atoms with E-state index in [1.54, 1.807) is 6.92 Å². The molecule has 0 bridgehead atoms. The normalized spacial score (nSPS) is 14.1. The van der Waals surface area contributed by atoms with E-state index in [1.807, 2.05) is 24.3 Å². The third-order valence-corrected chi connectivity index (χ3v) is 4.05. The van der Waals surface area contributed by atoms with Crippen molar-refractivity contribution in [2.45, 2.75) is 26.3 Å². The van der Waals surface area contributed by atoms with Gasteiger partial charge in [0.05, 0.1) is 0 Å². The summed E-state index contributed by atoms with van der Waals surface area (Å²) in [5, 5.41) is 2.92.